The number of nitrogens with two attached hydrogens (primary N) is 2. The highest BCUT2D eigenvalue weighted by atomic mass is 16.5. The number of carbonyl (C=O) groups is 6. The third-order valence-corrected chi connectivity index (χ3v) is 11.7. The van der Waals surface area contributed by atoms with Crippen molar-refractivity contribution in [3.63, 3.8) is 0 Å². The minimum absolute atomic E-state index is 0.0475. The van der Waals surface area contributed by atoms with Gasteiger partial charge in [0.25, 0.3) is 5.91 Å². The Morgan fingerprint density at radius 1 is 0.859 bits per heavy atom. The van der Waals surface area contributed by atoms with Crippen LogP contribution in [0.25, 0.3) is 44.5 Å². The number of amides is 5. The molecular formula is C49H55N13O9. The second kappa shape index (κ2) is 21.7. The summed E-state index contributed by atoms with van der Waals surface area (Å²) in [6, 6.07) is 8.19. The predicted octanol–water partition coefficient (Wildman–Crippen LogP) is 4.53. The van der Waals surface area contributed by atoms with Crippen LogP contribution >= 0.6 is 0 Å². The molecule has 0 unspecified atom stereocenters. The third kappa shape index (κ3) is 10.8. The zero-order valence-electron chi connectivity index (χ0n) is 40.5. The van der Waals surface area contributed by atoms with E-state index in [2.05, 4.69) is 15.4 Å². The lowest BCUT2D eigenvalue weighted by atomic mass is 10.1. The molecule has 0 fully saturated rings. The van der Waals surface area contributed by atoms with Gasteiger partial charge in [0.05, 0.1) is 36.1 Å². The molecule has 5 aromatic heterocycles. The fourth-order valence-corrected chi connectivity index (χ4v) is 8.11. The maximum absolute atomic E-state index is 13.7. The fraction of sp³-hybridized carbons (Fsp3) is 0.327. The number of ether oxygens (including phenoxy) is 2. The molecule has 0 radical (unpaired) electrons. The van der Waals surface area contributed by atoms with Crippen LogP contribution in [0.1, 0.15) is 75.2 Å². The van der Waals surface area contributed by atoms with Gasteiger partial charge in [-0.05, 0) is 63.1 Å². The van der Waals surface area contributed by atoms with Crippen LogP contribution in [0, 0.1) is 13.8 Å². The summed E-state index contributed by atoms with van der Waals surface area (Å²) in [4.78, 5) is 96.3. The molecule has 71 heavy (non-hydrogen) atoms. The van der Waals surface area contributed by atoms with E-state index in [1.165, 1.54) is 24.1 Å². The normalized spacial score (nSPS) is 11.6. The number of imidazole rings is 1. The fourth-order valence-electron chi connectivity index (χ4n) is 8.11. The van der Waals surface area contributed by atoms with Crippen LogP contribution in [0.2, 0.25) is 0 Å². The molecule has 5 N–H and O–H groups in total. The standard InChI is InChI=1S/C49H55N13O9/c1-8-34-43(71-29(4)53-34)48(68)56-49-54-35-24-31(45(51)67)25-37(69-7)42(35)61(49)18-11-10-17-60-41-32(33-27-52-46(55-47(33)60)36-22-28(3)57-62(36)9-2)23-30(44(50)66)26-38(41)70-21-13-16-58(5)40(65)15-19-59(6)39(64)14-12-20-63/h10-12,14,20,22-27H,8-9,13,15-19,21H2,1-7H3,(H2,50,66)(H2,51,67)(H,54,56,68)/b11-10+,14-12-. The Hall–Kier alpha value is -8.69. The van der Waals surface area contributed by atoms with Crippen LogP contribution in [0.3, 0.4) is 0 Å². The number of aryl methyl sites for hydroxylation is 4. The van der Waals surface area contributed by atoms with Crippen molar-refractivity contribution in [1.82, 2.24) is 48.7 Å². The van der Waals surface area contributed by atoms with Gasteiger partial charge >= 0.3 is 0 Å². The van der Waals surface area contributed by atoms with Gasteiger partial charge in [-0.25, -0.2) is 19.9 Å². The van der Waals surface area contributed by atoms with Crippen LogP contribution in [-0.2, 0) is 40.4 Å². The van der Waals surface area contributed by atoms with Crippen molar-refractivity contribution in [2.45, 2.75) is 66.6 Å². The molecule has 22 heteroatoms. The number of carbonyl (C=O) groups excluding carboxylic acids is 6. The summed E-state index contributed by atoms with van der Waals surface area (Å²) >= 11 is 0. The first-order valence-electron chi connectivity index (χ1n) is 22.8. The van der Waals surface area contributed by atoms with Gasteiger partial charge in [-0.3, -0.25) is 38.8 Å². The van der Waals surface area contributed by atoms with Gasteiger partial charge in [-0.1, -0.05) is 19.1 Å². The summed E-state index contributed by atoms with van der Waals surface area (Å²) in [6.07, 6.45) is 9.14. The van der Waals surface area contributed by atoms with Gasteiger partial charge in [-0.15, -0.1) is 0 Å². The largest absolute Gasteiger partial charge is 0.494 e. The van der Waals surface area contributed by atoms with E-state index >= 15 is 0 Å². The zero-order chi connectivity index (χ0) is 51.1. The molecule has 2 aromatic carbocycles. The first-order chi connectivity index (χ1) is 34.1. The summed E-state index contributed by atoms with van der Waals surface area (Å²) < 4.78 is 23.3. The number of primary amides is 2. The molecule has 0 saturated heterocycles. The molecule has 0 bridgehead atoms. The molecule has 0 saturated carbocycles. The van der Waals surface area contributed by atoms with Gasteiger partial charge in [-0.2, -0.15) is 5.10 Å². The van der Waals surface area contributed by atoms with E-state index in [4.69, 9.17) is 40.3 Å². The van der Waals surface area contributed by atoms with Crippen LogP contribution in [0.4, 0.5) is 5.95 Å². The number of allylic oxidation sites excluding steroid dienone is 3. The molecule has 7 aromatic rings. The Labute approximate surface area is 407 Å². The number of rotatable bonds is 22. The smallest absolute Gasteiger partial charge is 0.295 e. The van der Waals surface area contributed by atoms with Gasteiger partial charge in [0.15, 0.2) is 11.7 Å². The van der Waals surface area contributed by atoms with Crippen molar-refractivity contribution >= 4 is 74.7 Å². The molecule has 5 amide bonds. The Balaban J connectivity index is 1.24. The number of fused-ring (bicyclic) bond motifs is 4. The monoisotopic (exact) mass is 969 g/mol. The number of anilines is 1. The number of hydrogen-bond acceptors (Lipinski definition) is 14. The third-order valence-electron chi connectivity index (χ3n) is 11.7. The molecule has 0 aliphatic rings. The second-order valence-corrected chi connectivity index (χ2v) is 16.5. The van der Waals surface area contributed by atoms with Crippen molar-refractivity contribution in [3.8, 4) is 23.0 Å². The maximum Gasteiger partial charge on any atom is 0.295 e. The van der Waals surface area contributed by atoms with Gasteiger partial charge < -0.3 is 44.3 Å². The van der Waals surface area contributed by atoms with Gasteiger partial charge in [0, 0.05) is 94.3 Å². The number of oxazole rings is 1. The van der Waals surface area contributed by atoms with Gasteiger partial charge in [0.2, 0.25) is 35.3 Å². The van der Waals surface area contributed by atoms with E-state index in [0.29, 0.717) is 99.8 Å². The number of hydrogen-bond donors (Lipinski definition) is 3. The van der Waals surface area contributed by atoms with Crippen molar-refractivity contribution in [3.05, 3.63) is 95.0 Å². The molecule has 0 aliphatic carbocycles. The van der Waals surface area contributed by atoms with Crippen LogP contribution in [-0.4, -0.2) is 125 Å². The first kappa shape index (κ1) is 50.2. The highest BCUT2D eigenvalue weighted by Crippen LogP contribution is 2.37. The second-order valence-electron chi connectivity index (χ2n) is 16.5. The number of likely N-dealkylation sites (N-methyl/N-ethyl adjacent to an activating group) is 1. The Bertz CT molecular complexity index is 3270. The Morgan fingerprint density at radius 2 is 1.58 bits per heavy atom. The summed E-state index contributed by atoms with van der Waals surface area (Å²) in [7, 11) is 4.66. The van der Waals surface area contributed by atoms with E-state index in [0.717, 1.165) is 17.8 Å². The number of benzene rings is 2. The van der Waals surface area contributed by atoms with Crippen molar-refractivity contribution < 1.29 is 42.7 Å². The van der Waals surface area contributed by atoms with E-state index in [-0.39, 0.29) is 61.4 Å². The van der Waals surface area contributed by atoms with E-state index in [1.807, 2.05) is 48.2 Å². The number of methoxy groups -OCH3 is 1. The summed E-state index contributed by atoms with van der Waals surface area (Å²) in [5, 5.41) is 8.69. The number of aromatic nitrogens is 8. The minimum atomic E-state index is -0.687. The molecule has 7 rings (SSSR count). The topological polar surface area (TPSA) is 284 Å². The molecule has 0 atom stereocenters. The lowest BCUT2D eigenvalue weighted by Gasteiger charge is -2.20. The van der Waals surface area contributed by atoms with E-state index in [9.17, 15) is 28.8 Å². The quantitative estimate of drug-likeness (QED) is 0.0364. The number of aldehydes is 1. The predicted molar refractivity (Wildman–Crippen MR) is 263 cm³/mol. The van der Waals surface area contributed by atoms with Crippen LogP contribution in [0.15, 0.2) is 65.2 Å². The zero-order valence-corrected chi connectivity index (χ0v) is 40.5. The van der Waals surface area contributed by atoms with Crippen LogP contribution in [0.5, 0.6) is 11.5 Å². The molecule has 5 heterocycles. The first-order valence-corrected chi connectivity index (χ1v) is 22.8. The highest BCUT2D eigenvalue weighted by molar-refractivity contribution is 6.12. The Morgan fingerprint density at radius 3 is 2.27 bits per heavy atom. The van der Waals surface area contributed by atoms with Crippen LogP contribution < -0.4 is 26.3 Å². The number of nitrogens with one attached hydrogen (secondary N) is 1. The van der Waals surface area contributed by atoms with E-state index < -0.39 is 23.6 Å². The minimum Gasteiger partial charge on any atom is -0.494 e. The SMILES string of the molecule is CCc1nc(C)oc1C(=O)Nc1nc2cc(C(N)=O)cc(OC)c2n1C/C=C/Cn1c2nc(-c3cc(C)nn3CC)ncc2c2cc(C(N)=O)cc(OCCCN(C)C(=O)CCN(C)C(=O)/C=C\C=O)c21. The Kier molecular flexibility index (Phi) is 15.4. The van der Waals surface area contributed by atoms with Crippen molar-refractivity contribution in [2.24, 2.45) is 11.5 Å². The summed E-state index contributed by atoms with van der Waals surface area (Å²) in [5.41, 5.74) is 15.8. The van der Waals surface area contributed by atoms with Crippen molar-refractivity contribution in [1.29, 1.82) is 0 Å². The molecular weight excluding hydrogens is 915 g/mol. The summed E-state index contributed by atoms with van der Waals surface area (Å²) in [6.45, 7) is 8.94. The average molecular weight is 970 g/mol. The molecule has 0 spiro atoms. The highest BCUT2D eigenvalue weighted by Gasteiger charge is 2.25. The molecule has 370 valence electrons. The maximum atomic E-state index is 13.7. The lowest BCUT2D eigenvalue weighted by molar-refractivity contribution is -0.131. The lowest BCUT2D eigenvalue weighted by Crippen LogP contribution is -2.33. The molecule has 0 aliphatic heterocycles. The average Bonchev–Trinajstić information content (AvgIpc) is 4.12. The number of nitrogens with zero attached hydrogens (tertiary/aromatic N) is 10. The van der Waals surface area contributed by atoms with Crippen molar-refractivity contribution in [2.75, 3.05) is 46.2 Å². The van der Waals surface area contributed by atoms with Gasteiger partial charge in [0.1, 0.15) is 34.6 Å². The summed E-state index contributed by atoms with van der Waals surface area (Å²) in [5.74, 6) is -0.939. The molecule has 22 nitrogen and oxygen atoms in total. The van der Waals surface area contributed by atoms with E-state index in [1.54, 1.807) is 48.8 Å².